The molecule has 1 N–H and O–H groups in total. The molecule has 174 valence electrons. The Hall–Kier alpha value is -4.70. The van der Waals surface area contributed by atoms with E-state index in [0.717, 1.165) is 55.4 Å². The summed E-state index contributed by atoms with van der Waals surface area (Å²) in [4.78, 5) is 20.8. The SMILES string of the molecule is CCOC(=O)c1ccc(-c2cc(-c3c(-c4ccccc4)[nH]c4ccccc34)c3ccccc3n2)cc1. The maximum Gasteiger partial charge on any atom is 0.338 e. The van der Waals surface area contributed by atoms with Gasteiger partial charge in [0.15, 0.2) is 0 Å². The van der Waals surface area contributed by atoms with Gasteiger partial charge in [-0.3, -0.25) is 0 Å². The van der Waals surface area contributed by atoms with Crippen molar-refractivity contribution >= 4 is 27.8 Å². The number of pyridine rings is 1. The van der Waals surface area contributed by atoms with E-state index in [-0.39, 0.29) is 5.97 Å². The summed E-state index contributed by atoms with van der Waals surface area (Å²) in [5, 5.41) is 2.25. The zero-order chi connectivity index (χ0) is 24.5. The Morgan fingerprint density at radius 1 is 0.778 bits per heavy atom. The molecular weight excluding hydrogens is 444 g/mol. The lowest BCUT2D eigenvalue weighted by Gasteiger charge is -2.12. The number of hydrogen-bond acceptors (Lipinski definition) is 3. The number of nitrogens with zero attached hydrogens (tertiary/aromatic N) is 1. The molecule has 6 rings (SSSR count). The molecule has 0 atom stereocenters. The second-order valence-corrected chi connectivity index (χ2v) is 8.66. The largest absolute Gasteiger partial charge is 0.462 e. The van der Waals surface area contributed by atoms with E-state index in [1.807, 2.05) is 30.3 Å². The van der Waals surface area contributed by atoms with Crippen LogP contribution in [0.2, 0.25) is 0 Å². The molecule has 36 heavy (non-hydrogen) atoms. The summed E-state index contributed by atoms with van der Waals surface area (Å²) >= 11 is 0. The third-order valence-corrected chi connectivity index (χ3v) is 6.45. The number of rotatable bonds is 5. The Labute approximate surface area is 209 Å². The highest BCUT2D eigenvalue weighted by Crippen LogP contribution is 2.42. The molecule has 6 aromatic rings. The molecule has 0 aliphatic rings. The van der Waals surface area contributed by atoms with Crippen LogP contribution in [0.4, 0.5) is 0 Å². The highest BCUT2D eigenvalue weighted by Gasteiger charge is 2.19. The van der Waals surface area contributed by atoms with E-state index < -0.39 is 0 Å². The topological polar surface area (TPSA) is 55.0 Å². The van der Waals surface area contributed by atoms with E-state index in [1.165, 1.54) is 0 Å². The first kappa shape index (κ1) is 21.8. The van der Waals surface area contributed by atoms with Crippen LogP contribution in [-0.4, -0.2) is 22.5 Å². The molecule has 0 radical (unpaired) electrons. The van der Waals surface area contributed by atoms with Crippen LogP contribution < -0.4 is 0 Å². The zero-order valence-corrected chi connectivity index (χ0v) is 19.9. The highest BCUT2D eigenvalue weighted by atomic mass is 16.5. The molecule has 0 amide bonds. The van der Waals surface area contributed by atoms with Gasteiger partial charge in [-0.15, -0.1) is 0 Å². The van der Waals surface area contributed by atoms with Gasteiger partial charge in [-0.25, -0.2) is 9.78 Å². The Kier molecular flexibility index (Phi) is 5.55. The number of benzene rings is 4. The van der Waals surface area contributed by atoms with Crippen molar-refractivity contribution in [3.63, 3.8) is 0 Å². The van der Waals surface area contributed by atoms with E-state index in [0.29, 0.717) is 12.2 Å². The van der Waals surface area contributed by atoms with Crippen molar-refractivity contribution in [2.75, 3.05) is 6.61 Å². The van der Waals surface area contributed by atoms with Crippen molar-refractivity contribution in [1.82, 2.24) is 9.97 Å². The van der Waals surface area contributed by atoms with E-state index in [9.17, 15) is 4.79 Å². The van der Waals surface area contributed by atoms with Crippen molar-refractivity contribution in [1.29, 1.82) is 0 Å². The van der Waals surface area contributed by atoms with Gasteiger partial charge in [0.05, 0.1) is 29.1 Å². The van der Waals surface area contributed by atoms with Gasteiger partial charge >= 0.3 is 5.97 Å². The van der Waals surface area contributed by atoms with Gasteiger partial charge in [0.25, 0.3) is 0 Å². The van der Waals surface area contributed by atoms with Crippen LogP contribution in [0.3, 0.4) is 0 Å². The maximum absolute atomic E-state index is 12.1. The number of H-pyrrole nitrogens is 1. The minimum absolute atomic E-state index is 0.317. The number of carbonyl (C=O) groups is 1. The van der Waals surface area contributed by atoms with E-state index in [2.05, 4.69) is 71.7 Å². The third-order valence-electron chi connectivity index (χ3n) is 6.45. The smallest absolute Gasteiger partial charge is 0.338 e. The Morgan fingerprint density at radius 3 is 2.25 bits per heavy atom. The normalized spacial score (nSPS) is 11.1. The lowest BCUT2D eigenvalue weighted by atomic mass is 9.94. The number of aromatic nitrogens is 2. The van der Waals surface area contributed by atoms with Gasteiger partial charge < -0.3 is 9.72 Å². The minimum Gasteiger partial charge on any atom is -0.462 e. The molecule has 0 unspecified atom stereocenters. The average molecular weight is 469 g/mol. The fourth-order valence-corrected chi connectivity index (χ4v) is 4.76. The molecule has 2 aromatic heterocycles. The van der Waals surface area contributed by atoms with Gasteiger partial charge in [0.1, 0.15) is 0 Å². The molecule has 4 nitrogen and oxygen atoms in total. The predicted molar refractivity (Wildman–Crippen MR) is 146 cm³/mol. The molecular formula is C32H24N2O2. The number of carbonyl (C=O) groups excluding carboxylic acids is 1. The second-order valence-electron chi connectivity index (χ2n) is 8.66. The first-order valence-corrected chi connectivity index (χ1v) is 12.1. The number of ether oxygens (including phenoxy) is 1. The van der Waals surface area contributed by atoms with E-state index in [4.69, 9.17) is 9.72 Å². The third kappa shape index (κ3) is 3.83. The lowest BCUT2D eigenvalue weighted by Crippen LogP contribution is -2.04. The molecule has 2 heterocycles. The number of fused-ring (bicyclic) bond motifs is 2. The summed E-state index contributed by atoms with van der Waals surface area (Å²) < 4.78 is 5.14. The van der Waals surface area contributed by atoms with Gasteiger partial charge in [-0.1, -0.05) is 78.9 Å². The van der Waals surface area contributed by atoms with Gasteiger partial charge in [0.2, 0.25) is 0 Å². The maximum atomic E-state index is 12.1. The summed E-state index contributed by atoms with van der Waals surface area (Å²) in [6, 6.07) is 36.7. The first-order valence-electron chi connectivity index (χ1n) is 12.1. The van der Waals surface area contributed by atoms with Crippen molar-refractivity contribution in [2.24, 2.45) is 0 Å². The van der Waals surface area contributed by atoms with Crippen molar-refractivity contribution in [3.8, 4) is 33.6 Å². The number of aromatic amines is 1. The number of esters is 1. The zero-order valence-electron chi connectivity index (χ0n) is 19.9. The lowest BCUT2D eigenvalue weighted by molar-refractivity contribution is 0.0526. The number of hydrogen-bond donors (Lipinski definition) is 1. The van der Waals surface area contributed by atoms with Crippen molar-refractivity contribution in [2.45, 2.75) is 6.92 Å². The quantitative estimate of drug-likeness (QED) is 0.262. The van der Waals surface area contributed by atoms with E-state index in [1.54, 1.807) is 19.1 Å². The molecule has 4 heteroatoms. The predicted octanol–water partition coefficient (Wildman–Crippen LogP) is 7.89. The molecule has 0 aliphatic heterocycles. The van der Waals surface area contributed by atoms with Crippen LogP contribution in [-0.2, 0) is 4.74 Å². The molecule has 0 bridgehead atoms. The summed E-state index contributed by atoms with van der Waals surface area (Å²) in [6.07, 6.45) is 0. The van der Waals surface area contributed by atoms with Crippen LogP contribution in [0.25, 0.3) is 55.4 Å². The van der Waals surface area contributed by atoms with Crippen LogP contribution in [0.5, 0.6) is 0 Å². The monoisotopic (exact) mass is 468 g/mol. The van der Waals surface area contributed by atoms with Gasteiger partial charge in [-0.05, 0) is 48.4 Å². The second kappa shape index (κ2) is 9.16. The van der Waals surface area contributed by atoms with Crippen LogP contribution in [0, 0.1) is 0 Å². The van der Waals surface area contributed by atoms with Gasteiger partial charge in [-0.2, -0.15) is 0 Å². The summed E-state index contributed by atoms with van der Waals surface area (Å²) in [7, 11) is 0. The molecule has 0 saturated carbocycles. The first-order chi connectivity index (χ1) is 17.7. The van der Waals surface area contributed by atoms with Crippen LogP contribution in [0.15, 0.2) is 109 Å². The van der Waals surface area contributed by atoms with Gasteiger partial charge in [0, 0.05) is 27.4 Å². The Bertz CT molecular complexity index is 1700. The molecule has 0 fully saturated rings. The minimum atomic E-state index is -0.317. The number of para-hydroxylation sites is 2. The molecule has 0 spiro atoms. The Balaban J connectivity index is 1.59. The van der Waals surface area contributed by atoms with Crippen LogP contribution in [0.1, 0.15) is 17.3 Å². The van der Waals surface area contributed by atoms with Crippen LogP contribution >= 0.6 is 0 Å². The highest BCUT2D eigenvalue weighted by molar-refractivity contribution is 6.10. The summed E-state index contributed by atoms with van der Waals surface area (Å²) in [5.41, 5.74) is 8.81. The average Bonchev–Trinajstić information content (AvgIpc) is 3.33. The van der Waals surface area contributed by atoms with Crippen molar-refractivity contribution in [3.05, 3.63) is 115 Å². The molecule has 4 aromatic carbocycles. The molecule has 0 saturated heterocycles. The summed E-state index contributed by atoms with van der Waals surface area (Å²) in [6.45, 7) is 2.16. The van der Waals surface area contributed by atoms with E-state index >= 15 is 0 Å². The molecule has 0 aliphatic carbocycles. The Morgan fingerprint density at radius 2 is 1.47 bits per heavy atom. The fraction of sp³-hybridized carbons (Fsp3) is 0.0625. The standard InChI is InChI=1S/C32H24N2O2/c1-2-36-32(35)23-18-16-21(17-19-23)29-20-26(24-12-6-8-14-27(24)33-29)30-25-13-7-9-15-28(25)34-31(30)22-10-4-3-5-11-22/h3-20,34H,2H2,1H3. The number of nitrogens with one attached hydrogen (secondary N) is 1. The summed E-state index contributed by atoms with van der Waals surface area (Å²) in [5.74, 6) is -0.317. The van der Waals surface area contributed by atoms with Crippen molar-refractivity contribution < 1.29 is 9.53 Å². The fourth-order valence-electron chi connectivity index (χ4n) is 4.76.